The standard InChI is InChI=1S/C32H30Cl2N4O2/c33-24-10-6-11-25(34)29(24)31-30-23(22-9-4-5-12-26(22)35-30)17-27-32(40)37(19-28(39)38(27)31)21-13-15-36(16-14-21)18-20-7-2-1-3-8-20/h1-12,21,27,31,35H,13-19H2/t27-,31-/m1/s1. The number of halogens is 2. The predicted octanol–water partition coefficient (Wildman–Crippen LogP) is 5.82. The maximum absolute atomic E-state index is 14.2. The van der Waals surface area contributed by atoms with Gasteiger partial charge in [-0.15, -0.1) is 0 Å². The van der Waals surface area contributed by atoms with Crippen LogP contribution in [-0.4, -0.2) is 63.2 Å². The molecule has 2 fully saturated rings. The van der Waals surface area contributed by atoms with Crippen molar-refractivity contribution in [3.63, 3.8) is 0 Å². The molecule has 6 nitrogen and oxygen atoms in total. The van der Waals surface area contributed by atoms with Gasteiger partial charge < -0.3 is 14.8 Å². The largest absolute Gasteiger partial charge is 0.356 e. The number of aromatic amines is 1. The highest BCUT2D eigenvalue weighted by Crippen LogP contribution is 2.46. The summed E-state index contributed by atoms with van der Waals surface area (Å²) in [5.41, 5.74) is 4.87. The lowest BCUT2D eigenvalue weighted by atomic mass is 9.85. The fourth-order valence-corrected chi connectivity index (χ4v) is 7.51. The molecule has 3 aromatic carbocycles. The number of rotatable bonds is 4. The first-order valence-electron chi connectivity index (χ1n) is 13.9. The van der Waals surface area contributed by atoms with Gasteiger partial charge >= 0.3 is 0 Å². The molecule has 8 heteroatoms. The first kappa shape index (κ1) is 25.6. The summed E-state index contributed by atoms with van der Waals surface area (Å²) in [4.78, 5) is 37.8. The van der Waals surface area contributed by atoms with Gasteiger partial charge in [0, 0.05) is 64.3 Å². The summed E-state index contributed by atoms with van der Waals surface area (Å²) in [5, 5.41) is 2.03. The molecule has 0 radical (unpaired) electrons. The Morgan fingerprint density at radius 3 is 2.30 bits per heavy atom. The Morgan fingerprint density at radius 1 is 0.850 bits per heavy atom. The Labute approximate surface area is 243 Å². The van der Waals surface area contributed by atoms with Gasteiger partial charge in [0.1, 0.15) is 18.6 Å². The van der Waals surface area contributed by atoms with Crippen molar-refractivity contribution in [3.05, 3.63) is 105 Å². The molecule has 0 aliphatic carbocycles. The van der Waals surface area contributed by atoms with E-state index in [9.17, 15) is 9.59 Å². The van der Waals surface area contributed by atoms with E-state index in [1.807, 2.05) is 29.2 Å². The molecular formula is C32H30Cl2N4O2. The van der Waals surface area contributed by atoms with Crippen molar-refractivity contribution in [1.29, 1.82) is 0 Å². The van der Waals surface area contributed by atoms with Gasteiger partial charge in [0.2, 0.25) is 11.8 Å². The van der Waals surface area contributed by atoms with Crippen LogP contribution in [0.3, 0.4) is 0 Å². The van der Waals surface area contributed by atoms with Crippen molar-refractivity contribution >= 4 is 45.9 Å². The summed E-state index contributed by atoms with van der Waals surface area (Å²) >= 11 is 13.5. The molecule has 0 spiro atoms. The summed E-state index contributed by atoms with van der Waals surface area (Å²) in [6.45, 7) is 2.78. The third-order valence-electron chi connectivity index (χ3n) is 8.81. The molecule has 204 valence electrons. The molecule has 1 N–H and O–H groups in total. The van der Waals surface area contributed by atoms with Crippen LogP contribution in [0.25, 0.3) is 10.9 Å². The Kier molecular flexibility index (Phi) is 6.57. The molecule has 40 heavy (non-hydrogen) atoms. The lowest BCUT2D eigenvalue weighted by Crippen LogP contribution is -2.65. The molecule has 2 amide bonds. The van der Waals surface area contributed by atoms with Crippen molar-refractivity contribution in [2.24, 2.45) is 0 Å². The van der Waals surface area contributed by atoms with E-state index in [1.54, 1.807) is 23.1 Å². The molecule has 3 aliphatic heterocycles. The molecule has 4 aromatic rings. The van der Waals surface area contributed by atoms with E-state index in [0.29, 0.717) is 22.0 Å². The number of piperidine rings is 1. The highest BCUT2D eigenvalue weighted by Gasteiger charge is 2.50. The minimum absolute atomic E-state index is 0.0187. The molecule has 0 bridgehead atoms. The monoisotopic (exact) mass is 572 g/mol. The van der Waals surface area contributed by atoms with Crippen LogP contribution in [0.15, 0.2) is 72.8 Å². The second-order valence-electron chi connectivity index (χ2n) is 11.1. The molecule has 1 aromatic heterocycles. The number of hydrogen-bond acceptors (Lipinski definition) is 3. The van der Waals surface area contributed by atoms with Crippen LogP contribution in [0.2, 0.25) is 10.0 Å². The zero-order chi connectivity index (χ0) is 27.4. The third-order valence-corrected chi connectivity index (χ3v) is 9.47. The van der Waals surface area contributed by atoms with Crippen LogP contribution in [0.5, 0.6) is 0 Å². The minimum Gasteiger partial charge on any atom is -0.356 e. The molecule has 0 unspecified atom stereocenters. The SMILES string of the molecule is O=C1[C@H]2Cc3c([nH]c4ccccc34)[C@@H](c3c(Cl)cccc3Cl)N2C(=O)CN1C1CCN(Cc2ccccc2)CC1. The maximum Gasteiger partial charge on any atom is 0.246 e. The summed E-state index contributed by atoms with van der Waals surface area (Å²) < 4.78 is 0. The van der Waals surface area contributed by atoms with Crippen LogP contribution in [-0.2, 0) is 22.6 Å². The number of hydrogen-bond donors (Lipinski definition) is 1. The number of piperazine rings is 1. The van der Waals surface area contributed by atoms with Crippen LogP contribution in [0.1, 0.15) is 41.3 Å². The van der Waals surface area contributed by atoms with Gasteiger partial charge in [0.15, 0.2) is 0 Å². The van der Waals surface area contributed by atoms with E-state index in [4.69, 9.17) is 23.2 Å². The Morgan fingerprint density at radius 2 is 1.55 bits per heavy atom. The van der Waals surface area contributed by atoms with E-state index >= 15 is 0 Å². The van der Waals surface area contributed by atoms with Gasteiger partial charge in [-0.3, -0.25) is 14.5 Å². The fraction of sp³-hybridized carbons (Fsp3) is 0.312. The Balaban J connectivity index is 1.20. The number of H-pyrrole nitrogens is 1. The summed E-state index contributed by atoms with van der Waals surface area (Å²) in [7, 11) is 0. The number of fused-ring (bicyclic) bond motifs is 4. The topological polar surface area (TPSA) is 59.7 Å². The Hall–Kier alpha value is -3.32. The van der Waals surface area contributed by atoms with Crippen molar-refractivity contribution in [1.82, 2.24) is 19.7 Å². The first-order valence-corrected chi connectivity index (χ1v) is 14.7. The number of benzene rings is 3. The van der Waals surface area contributed by atoms with E-state index in [2.05, 4.69) is 40.2 Å². The number of para-hydroxylation sites is 1. The van der Waals surface area contributed by atoms with Crippen LogP contribution >= 0.6 is 23.2 Å². The summed E-state index contributed by atoms with van der Waals surface area (Å²) in [5.74, 6) is -0.0492. The average Bonchev–Trinajstić information content (AvgIpc) is 3.34. The number of carbonyl (C=O) groups excluding carboxylic acids is 2. The van der Waals surface area contributed by atoms with Crippen molar-refractivity contribution in [2.75, 3.05) is 19.6 Å². The van der Waals surface area contributed by atoms with Gasteiger partial charge in [0.05, 0.1) is 0 Å². The van der Waals surface area contributed by atoms with Gasteiger partial charge in [-0.2, -0.15) is 0 Å². The second-order valence-corrected chi connectivity index (χ2v) is 11.9. The van der Waals surface area contributed by atoms with E-state index in [-0.39, 0.29) is 24.4 Å². The van der Waals surface area contributed by atoms with Crippen molar-refractivity contribution in [2.45, 2.75) is 43.9 Å². The molecule has 2 atom stereocenters. The summed E-state index contributed by atoms with van der Waals surface area (Å²) in [6.07, 6.45) is 2.18. The van der Waals surface area contributed by atoms with Gasteiger partial charge in [-0.25, -0.2) is 0 Å². The fourth-order valence-electron chi connectivity index (χ4n) is 6.90. The quantitative estimate of drug-likeness (QED) is 0.335. The van der Waals surface area contributed by atoms with Crippen LogP contribution in [0, 0.1) is 0 Å². The Bertz CT molecular complexity index is 1580. The van der Waals surface area contributed by atoms with Crippen molar-refractivity contribution < 1.29 is 9.59 Å². The van der Waals surface area contributed by atoms with Crippen LogP contribution < -0.4 is 0 Å². The molecule has 2 saturated heterocycles. The van der Waals surface area contributed by atoms with E-state index in [1.165, 1.54) is 5.56 Å². The highest BCUT2D eigenvalue weighted by atomic mass is 35.5. The zero-order valence-electron chi connectivity index (χ0n) is 22.0. The summed E-state index contributed by atoms with van der Waals surface area (Å²) in [6, 6.07) is 22.8. The van der Waals surface area contributed by atoms with Gasteiger partial charge in [0.25, 0.3) is 0 Å². The number of carbonyl (C=O) groups is 2. The normalized spacial score (nSPS) is 22.1. The molecule has 0 saturated carbocycles. The van der Waals surface area contributed by atoms with Crippen molar-refractivity contribution in [3.8, 4) is 0 Å². The number of aromatic nitrogens is 1. The number of nitrogens with zero attached hydrogens (tertiary/aromatic N) is 3. The molecular weight excluding hydrogens is 543 g/mol. The minimum atomic E-state index is -0.604. The smallest absolute Gasteiger partial charge is 0.246 e. The maximum atomic E-state index is 14.2. The van der Waals surface area contributed by atoms with E-state index in [0.717, 1.165) is 54.6 Å². The average molecular weight is 574 g/mol. The molecule has 3 aliphatic rings. The molecule has 4 heterocycles. The predicted molar refractivity (Wildman–Crippen MR) is 157 cm³/mol. The lowest BCUT2D eigenvalue weighted by molar-refractivity contribution is -0.161. The zero-order valence-corrected chi connectivity index (χ0v) is 23.5. The second kappa shape index (κ2) is 10.3. The lowest BCUT2D eigenvalue weighted by Gasteiger charge is -2.50. The third kappa shape index (κ3) is 4.30. The first-order chi connectivity index (χ1) is 19.5. The van der Waals surface area contributed by atoms with E-state index < -0.39 is 12.1 Å². The van der Waals surface area contributed by atoms with Crippen LogP contribution in [0.4, 0.5) is 0 Å². The molecule has 7 rings (SSSR count). The number of amides is 2. The highest BCUT2D eigenvalue weighted by molar-refractivity contribution is 6.36. The number of nitrogens with one attached hydrogen (secondary N) is 1. The van der Waals surface area contributed by atoms with Gasteiger partial charge in [-0.05, 0) is 42.2 Å². The van der Waals surface area contributed by atoms with Gasteiger partial charge in [-0.1, -0.05) is 77.8 Å². The number of likely N-dealkylation sites (tertiary alicyclic amines) is 1.